The van der Waals surface area contributed by atoms with Gasteiger partial charge in [0.2, 0.25) is 5.91 Å². The highest BCUT2D eigenvalue weighted by atomic mass is 16.2. The van der Waals surface area contributed by atoms with Crippen LogP contribution in [0, 0.1) is 0 Å². The Labute approximate surface area is 160 Å². The van der Waals surface area contributed by atoms with Crippen molar-refractivity contribution in [1.82, 2.24) is 19.4 Å². The third-order valence-electron chi connectivity index (χ3n) is 5.36. The second-order valence-corrected chi connectivity index (χ2v) is 7.28. The topological polar surface area (TPSA) is 51.0 Å². The van der Waals surface area contributed by atoms with Gasteiger partial charge in [0.15, 0.2) is 5.65 Å². The third kappa shape index (κ3) is 3.72. The molecular weight excluding hydrogens is 336 g/mol. The molecule has 3 heterocycles. The highest BCUT2D eigenvalue weighted by Gasteiger charge is 2.30. The van der Waals surface area contributed by atoms with Crippen molar-refractivity contribution in [1.29, 1.82) is 0 Å². The summed E-state index contributed by atoms with van der Waals surface area (Å²) in [7, 11) is 0. The molecule has 3 aromatic rings. The normalized spacial score (nSPS) is 16.9. The Kier molecular flexibility index (Phi) is 5.19. The fourth-order valence-corrected chi connectivity index (χ4v) is 3.98. The monoisotopic (exact) mass is 362 g/mol. The summed E-state index contributed by atoms with van der Waals surface area (Å²) in [6.07, 6.45) is 5.22. The Bertz CT molecular complexity index is 918. The van der Waals surface area contributed by atoms with E-state index in [9.17, 15) is 4.79 Å². The Morgan fingerprint density at radius 2 is 2.04 bits per heavy atom. The zero-order valence-corrected chi connectivity index (χ0v) is 15.8. The summed E-state index contributed by atoms with van der Waals surface area (Å²) in [6, 6.07) is 14.2. The fraction of sp³-hybridized carbons (Fsp3) is 0.409. The molecule has 1 amide bonds. The van der Waals surface area contributed by atoms with Crippen LogP contribution in [0.3, 0.4) is 0 Å². The summed E-state index contributed by atoms with van der Waals surface area (Å²) in [4.78, 5) is 24.1. The van der Waals surface area contributed by atoms with Crippen molar-refractivity contribution in [2.75, 3.05) is 13.1 Å². The zero-order chi connectivity index (χ0) is 18.6. The number of likely N-dealkylation sites (tertiary alicyclic amines) is 1. The Hall–Kier alpha value is -2.69. The van der Waals surface area contributed by atoms with E-state index in [1.807, 2.05) is 41.4 Å². The van der Waals surface area contributed by atoms with E-state index in [4.69, 9.17) is 4.98 Å². The zero-order valence-electron chi connectivity index (χ0n) is 15.8. The van der Waals surface area contributed by atoms with Gasteiger partial charge >= 0.3 is 0 Å². The van der Waals surface area contributed by atoms with Crippen LogP contribution in [0.4, 0.5) is 0 Å². The van der Waals surface area contributed by atoms with Gasteiger partial charge in [-0.15, -0.1) is 0 Å². The van der Waals surface area contributed by atoms with Gasteiger partial charge in [-0.3, -0.25) is 4.79 Å². The third-order valence-corrected chi connectivity index (χ3v) is 5.36. The lowest BCUT2D eigenvalue weighted by Crippen LogP contribution is -2.29. The van der Waals surface area contributed by atoms with Crippen molar-refractivity contribution in [3.63, 3.8) is 0 Å². The molecule has 5 heteroatoms. The van der Waals surface area contributed by atoms with E-state index in [-0.39, 0.29) is 5.91 Å². The van der Waals surface area contributed by atoms with Gasteiger partial charge in [0.05, 0.1) is 0 Å². The molecule has 1 atom stereocenters. The van der Waals surface area contributed by atoms with Crippen LogP contribution < -0.4 is 0 Å². The number of carbonyl (C=O) groups excluding carboxylic acids is 1. The maximum absolute atomic E-state index is 12.7. The molecule has 1 aromatic carbocycles. The van der Waals surface area contributed by atoms with Crippen LogP contribution in [0.25, 0.3) is 11.2 Å². The van der Waals surface area contributed by atoms with Gasteiger partial charge in [-0.05, 0) is 37.0 Å². The first-order valence-corrected chi connectivity index (χ1v) is 9.89. The van der Waals surface area contributed by atoms with Crippen LogP contribution in [0.5, 0.6) is 0 Å². The maximum atomic E-state index is 12.7. The highest BCUT2D eigenvalue weighted by molar-refractivity contribution is 5.77. The van der Waals surface area contributed by atoms with Crippen LogP contribution in [0.2, 0.25) is 0 Å². The molecule has 1 saturated heterocycles. The SMILES string of the molecule is CCCn1c([C@@H]2CCN(C(=O)CCc3ccccc3)C2)nc2cccnc21. The summed E-state index contributed by atoms with van der Waals surface area (Å²) >= 11 is 0. The number of aryl methyl sites for hydroxylation is 2. The predicted octanol–water partition coefficient (Wildman–Crippen LogP) is 3.79. The number of carbonyl (C=O) groups is 1. The number of hydrogen-bond acceptors (Lipinski definition) is 3. The first-order valence-electron chi connectivity index (χ1n) is 9.89. The number of amides is 1. The summed E-state index contributed by atoms with van der Waals surface area (Å²) in [5.74, 6) is 1.63. The van der Waals surface area contributed by atoms with Gasteiger partial charge in [0, 0.05) is 38.2 Å². The molecule has 4 rings (SSSR count). The summed E-state index contributed by atoms with van der Waals surface area (Å²) in [5, 5.41) is 0. The molecule has 0 saturated carbocycles. The minimum atomic E-state index is 0.248. The number of nitrogens with zero attached hydrogens (tertiary/aromatic N) is 4. The van der Waals surface area contributed by atoms with Crippen molar-refractivity contribution in [2.24, 2.45) is 0 Å². The number of imidazole rings is 1. The van der Waals surface area contributed by atoms with Gasteiger partial charge in [-0.25, -0.2) is 9.97 Å². The Balaban J connectivity index is 1.45. The van der Waals surface area contributed by atoms with Crippen molar-refractivity contribution in [3.8, 4) is 0 Å². The molecule has 1 fully saturated rings. The van der Waals surface area contributed by atoms with Gasteiger partial charge in [-0.1, -0.05) is 37.3 Å². The molecule has 0 bridgehead atoms. The number of fused-ring (bicyclic) bond motifs is 1. The predicted molar refractivity (Wildman–Crippen MR) is 107 cm³/mol. The molecule has 0 N–H and O–H groups in total. The molecule has 2 aromatic heterocycles. The lowest BCUT2D eigenvalue weighted by Gasteiger charge is -2.17. The first kappa shape index (κ1) is 17.7. The molecule has 140 valence electrons. The first-order chi connectivity index (χ1) is 13.3. The quantitative estimate of drug-likeness (QED) is 0.670. The average molecular weight is 362 g/mol. The van der Waals surface area contributed by atoms with E-state index in [1.165, 1.54) is 5.56 Å². The lowest BCUT2D eigenvalue weighted by atomic mass is 10.1. The Morgan fingerprint density at radius 1 is 1.19 bits per heavy atom. The fourth-order valence-electron chi connectivity index (χ4n) is 3.98. The summed E-state index contributed by atoms with van der Waals surface area (Å²) in [5.41, 5.74) is 3.13. The minimum absolute atomic E-state index is 0.248. The van der Waals surface area contributed by atoms with Crippen LogP contribution in [-0.2, 0) is 17.8 Å². The van der Waals surface area contributed by atoms with Crippen LogP contribution in [0.15, 0.2) is 48.7 Å². The smallest absolute Gasteiger partial charge is 0.222 e. The average Bonchev–Trinajstić information content (AvgIpc) is 3.33. The summed E-state index contributed by atoms with van der Waals surface area (Å²) in [6.45, 7) is 4.68. The van der Waals surface area contributed by atoms with E-state index in [2.05, 4.69) is 28.6 Å². The standard InChI is InChI=1S/C22H26N4O/c1-2-14-26-21(24-19-9-6-13-23-22(19)26)18-12-15-25(16-18)20(27)11-10-17-7-4-3-5-8-17/h3-9,13,18H,2,10-12,14-16H2,1H3/t18-/m1/s1. The van der Waals surface area contributed by atoms with E-state index in [0.717, 1.165) is 55.9 Å². The molecule has 0 spiro atoms. The van der Waals surface area contributed by atoms with Crippen molar-refractivity contribution < 1.29 is 4.79 Å². The van der Waals surface area contributed by atoms with Crippen molar-refractivity contribution in [3.05, 3.63) is 60.0 Å². The molecule has 1 aliphatic heterocycles. The van der Waals surface area contributed by atoms with E-state index in [1.54, 1.807) is 0 Å². The number of hydrogen-bond donors (Lipinski definition) is 0. The van der Waals surface area contributed by atoms with Crippen LogP contribution >= 0.6 is 0 Å². The number of pyridine rings is 1. The molecule has 0 unspecified atom stereocenters. The van der Waals surface area contributed by atoms with Gasteiger partial charge < -0.3 is 9.47 Å². The van der Waals surface area contributed by atoms with E-state index in [0.29, 0.717) is 12.3 Å². The summed E-state index contributed by atoms with van der Waals surface area (Å²) < 4.78 is 2.25. The maximum Gasteiger partial charge on any atom is 0.222 e. The molecule has 27 heavy (non-hydrogen) atoms. The van der Waals surface area contributed by atoms with Gasteiger partial charge in [0.1, 0.15) is 11.3 Å². The molecule has 0 radical (unpaired) electrons. The molecule has 0 aliphatic carbocycles. The van der Waals surface area contributed by atoms with Crippen molar-refractivity contribution >= 4 is 17.1 Å². The van der Waals surface area contributed by atoms with E-state index >= 15 is 0 Å². The Morgan fingerprint density at radius 3 is 2.85 bits per heavy atom. The van der Waals surface area contributed by atoms with E-state index < -0.39 is 0 Å². The number of benzene rings is 1. The van der Waals surface area contributed by atoms with Gasteiger partial charge in [-0.2, -0.15) is 0 Å². The lowest BCUT2D eigenvalue weighted by molar-refractivity contribution is -0.130. The largest absolute Gasteiger partial charge is 0.342 e. The highest BCUT2D eigenvalue weighted by Crippen LogP contribution is 2.29. The van der Waals surface area contributed by atoms with Crippen LogP contribution in [-0.4, -0.2) is 38.4 Å². The number of rotatable bonds is 6. The second-order valence-electron chi connectivity index (χ2n) is 7.28. The molecule has 5 nitrogen and oxygen atoms in total. The number of aromatic nitrogens is 3. The molecular formula is C22H26N4O. The second kappa shape index (κ2) is 7.91. The van der Waals surface area contributed by atoms with Gasteiger partial charge in [0.25, 0.3) is 0 Å². The minimum Gasteiger partial charge on any atom is -0.342 e. The van der Waals surface area contributed by atoms with Crippen LogP contribution in [0.1, 0.15) is 43.5 Å². The van der Waals surface area contributed by atoms with Crippen molar-refractivity contribution in [2.45, 2.75) is 45.1 Å². The molecule has 1 aliphatic rings.